The van der Waals surface area contributed by atoms with E-state index in [1.54, 1.807) is 0 Å². The summed E-state index contributed by atoms with van der Waals surface area (Å²) in [5, 5.41) is 3.30. The lowest BCUT2D eigenvalue weighted by atomic mass is 10.1. The molecule has 2 fully saturated rings. The van der Waals surface area contributed by atoms with Gasteiger partial charge >= 0.3 is 0 Å². The van der Waals surface area contributed by atoms with Crippen molar-refractivity contribution in [2.45, 2.75) is 45.2 Å². The quantitative estimate of drug-likeness (QED) is 0.819. The number of carbonyl (C=O) groups is 1. The van der Waals surface area contributed by atoms with E-state index in [0.717, 1.165) is 45.7 Å². The zero-order valence-electron chi connectivity index (χ0n) is 14.7. The Labute approximate surface area is 152 Å². The molecular formula is C19H30ClN3O. The highest BCUT2D eigenvalue weighted by molar-refractivity contribution is 5.85. The molecular weight excluding hydrogens is 322 g/mol. The Morgan fingerprint density at radius 3 is 2.38 bits per heavy atom. The van der Waals surface area contributed by atoms with Crippen molar-refractivity contribution >= 4 is 18.3 Å². The number of rotatable bonds is 7. The molecule has 0 atom stereocenters. The maximum Gasteiger partial charge on any atom is 0.223 e. The number of piperazine rings is 1. The Kier molecular flexibility index (Phi) is 7.53. The largest absolute Gasteiger partial charge is 0.340 e. The van der Waals surface area contributed by atoms with Crippen LogP contribution >= 0.6 is 12.4 Å². The van der Waals surface area contributed by atoms with Gasteiger partial charge in [-0.2, -0.15) is 0 Å². The summed E-state index contributed by atoms with van der Waals surface area (Å²) in [7, 11) is 0. The van der Waals surface area contributed by atoms with Crippen LogP contribution in [0.2, 0.25) is 0 Å². The van der Waals surface area contributed by atoms with E-state index in [1.165, 1.54) is 24.0 Å². The highest BCUT2D eigenvalue weighted by Gasteiger charge is 2.29. The number of hydrogen-bond donors (Lipinski definition) is 1. The molecule has 5 heteroatoms. The molecule has 1 aromatic rings. The van der Waals surface area contributed by atoms with Crippen LogP contribution in [-0.2, 0) is 17.8 Å². The average Bonchev–Trinajstić information content (AvgIpc) is 3.44. The van der Waals surface area contributed by atoms with Crippen molar-refractivity contribution in [3.8, 4) is 0 Å². The number of benzene rings is 1. The lowest BCUT2D eigenvalue weighted by Crippen LogP contribution is -2.47. The van der Waals surface area contributed by atoms with E-state index in [0.29, 0.717) is 18.4 Å². The molecule has 24 heavy (non-hydrogen) atoms. The van der Waals surface area contributed by atoms with Gasteiger partial charge in [0.15, 0.2) is 0 Å². The summed E-state index contributed by atoms with van der Waals surface area (Å²) >= 11 is 0. The number of amides is 1. The van der Waals surface area contributed by atoms with Gasteiger partial charge < -0.3 is 10.2 Å². The minimum absolute atomic E-state index is 0. The normalized spacial score (nSPS) is 17.7. The zero-order valence-corrected chi connectivity index (χ0v) is 15.5. The van der Waals surface area contributed by atoms with Crippen LogP contribution in [0.25, 0.3) is 0 Å². The first-order valence-electron chi connectivity index (χ1n) is 9.06. The number of aryl methyl sites for hydroxylation is 1. The maximum atomic E-state index is 12.4. The van der Waals surface area contributed by atoms with Gasteiger partial charge in [-0.05, 0) is 30.4 Å². The van der Waals surface area contributed by atoms with Crippen LogP contribution in [0.15, 0.2) is 24.3 Å². The lowest BCUT2D eigenvalue weighted by molar-refractivity contribution is -0.132. The summed E-state index contributed by atoms with van der Waals surface area (Å²) in [6.45, 7) is 7.64. The second-order valence-corrected chi connectivity index (χ2v) is 6.75. The highest BCUT2D eigenvalue weighted by Crippen LogP contribution is 2.28. The highest BCUT2D eigenvalue weighted by atomic mass is 35.5. The molecule has 1 aliphatic carbocycles. The smallest absolute Gasteiger partial charge is 0.223 e. The number of nitrogens with one attached hydrogen (secondary N) is 1. The number of halogens is 1. The Hall–Kier alpha value is -1.10. The van der Waals surface area contributed by atoms with Gasteiger partial charge in [-0.15, -0.1) is 12.4 Å². The third-order valence-corrected chi connectivity index (χ3v) is 4.96. The van der Waals surface area contributed by atoms with E-state index >= 15 is 0 Å². The first-order valence-corrected chi connectivity index (χ1v) is 9.06. The van der Waals surface area contributed by atoms with E-state index in [2.05, 4.69) is 41.4 Å². The van der Waals surface area contributed by atoms with E-state index in [1.807, 2.05) is 4.90 Å². The van der Waals surface area contributed by atoms with Crippen LogP contribution in [0.1, 0.15) is 37.3 Å². The van der Waals surface area contributed by atoms with Crippen LogP contribution in [0.4, 0.5) is 0 Å². The fourth-order valence-electron chi connectivity index (χ4n) is 3.26. The monoisotopic (exact) mass is 351 g/mol. The average molecular weight is 352 g/mol. The van der Waals surface area contributed by atoms with Crippen molar-refractivity contribution < 1.29 is 4.79 Å². The molecule has 1 aliphatic heterocycles. The molecule has 1 aromatic carbocycles. The summed E-state index contributed by atoms with van der Waals surface area (Å²) in [5.74, 6) is 0.318. The maximum absolute atomic E-state index is 12.4. The molecule has 0 aromatic heterocycles. The van der Waals surface area contributed by atoms with Gasteiger partial charge in [-0.1, -0.05) is 31.2 Å². The molecule has 2 aliphatic rings. The molecule has 1 saturated carbocycles. The van der Waals surface area contributed by atoms with E-state index in [4.69, 9.17) is 0 Å². The van der Waals surface area contributed by atoms with E-state index in [9.17, 15) is 4.79 Å². The third kappa shape index (κ3) is 5.47. The van der Waals surface area contributed by atoms with Crippen LogP contribution < -0.4 is 5.32 Å². The summed E-state index contributed by atoms with van der Waals surface area (Å²) in [6.07, 6.45) is 4.32. The zero-order chi connectivity index (χ0) is 16.1. The molecule has 1 N–H and O–H groups in total. The minimum atomic E-state index is 0. The number of nitrogens with zero attached hydrogens (tertiary/aromatic N) is 2. The molecule has 0 bridgehead atoms. The molecule has 0 unspecified atom stereocenters. The Morgan fingerprint density at radius 1 is 1.17 bits per heavy atom. The van der Waals surface area contributed by atoms with Crippen molar-refractivity contribution in [1.82, 2.24) is 15.1 Å². The van der Waals surface area contributed by atoms with Gasteiger partial charge in [0, 0.05) is 51.7 Å². The summed E-state index contributed by atoms with van der Waals surface area (Å²) in [6, 6.07) is 9.63. The molecule has 1 saturated heterocycles. The Morgan fingerprint density at radius 2 is 1.79 bits per heavy atom. The summed E-state index contributed by atoms with van der Waals surface area (Å²) < 4.78 is 0. The van der Waals surface area contributed by atoms with Crippen LogP contribution in [-0.4, -0.2) is 54.5 Å². The first kappa shape index (κ1) is 19.2. The summed E-state index contributed by atoms with van der Waals surface area (Å²) in [4.78, 5) is 16.9. The SMILES string of the molecule is CCc1ccc(CN(CCC(=O)N2CCNCC2)C2CC2)cc1.Cl. The lowest BCUT2D eigenvalue weighted by Gasteiger charge is -2.29. The molecule has 134 valence electrons. The number of carbonyl (C=O) groups excluding carboxylic acids is 1. The molecule has 4 nitrogen and oxygen atoms in total. The molecule has 0 spiro atoms. The van der Waals surface area contributed by atoms with Gasteiger partial charge in [0.1, 0.15) is 0 Å². The predicted octanol–water partition coefficient (Wildman–Crippen LogP) is 2.46. The molecule has 1 heterocycles. The second-order valence-electron chi connectivity index (χ2n) is 6.75. The topological polar surface area (TPSA) is 35.6 Å². The second kappa shape index (κ2) is 9.40. The van der Waals surface area contributed by atoms with Crippen LogP contribution in [0.3, 0.4) is 0 Å². The third-order valence-electron chi connectivity index (χ3n) is 4.96. The van der Waals surface area contributed by atoms with E-state index in [-0.39, 0.29) is 12.4 Å². The van der Waals surface area contributed by atoms with Crippen molar-refractivity contribution in [3.05, 3.63) is 35.4 Å². The molecule has 0 radical (unpaired) electrons. The van der Waals surface area contributed by atoms with Gasteiger partial charge in [-0.25, -0.2) is 0 Å². The molecule has 3 rings (SSSR count). The van der Waals surface area contributed by atoms with Crippen molar-refractivity contribution in [3.63, 3.8) is 0 Å². The van der Waals surface area contributed by atoms with Crippen LogP contribution in [0, 0.1) is 0 Å². The van der Waals surface area contributed by atoms with Gasteiger partial charge in [0.05, 0.1) is 0 Å². The predicted molar refractivity (Wildman–Crippen MR) is 101 cm³/mol. The van der Waals surface area contributed by atoms with Gasteiger partial charge in [0.2, 0.25) is 5.91 Å². The number of hydrogen-bond acceptors (Lipinski definition) is 3. The van der Waals surface area contributed by atoms with Crippen LogP contribution in [0.5, 0.6) is 0 Å². The summed E-state index contributed by atoms with van der Waals surface area (Å²) in [5.41, 5.74) is 2.75. The Bertz CT molecular complexity index is 510. The first-order chi connectivity index (χ1) is 11.3. The fourth-order valence-corrected chi connectivity index (χ4v) is 3.26. The van der Waals surface area contributed by atoms with Crippen molar-refractivity contribution in [2.24, 2.45) is 0 Å². The molecule has 1 amide bonds. The van der Waals surface area contributed by atoms with Crippen molar-refractivity contribution in [1.29, 1.82) is 0 Å². The van der Waals surface area contributed by atoms with Gasteiger partial charge in [-0.3, -0.25) is 9.69 Å². The fraction of sp³-hybridized carbons (Fsp3) is 0.632. The van der Waals surface area contributed by atoms with Crippen molar-refractivity contribution in [2.75, 3.05) is 32.7 Å². The minimum Gasteiger partial charge on any atom is -0.340 e. The standard InChI is InChI=1S/C19H29N3O.ClH/c1-2-16-3-5-17(6-4-16)15-22(18-7-8-18)12-9-19(23)21-13-10-20-11-14-21;/h3-6,18,20H,2,7-15H2,1H3;1H. The van der Waals surface area contributed by atoms with Gasteiger partial charge in [0.25, 0.3) is 0 Å². The Balaban J connectivity index is 0.00000208. The van der Waals surface area contributed by atoms with E-state index < -0.39 is 0 Å².